The van der Waals surface area contributed by atoms with Gasteiger partial charge in [-0.15, -0.1) is 0 Å². The van der Waals surface area contributed by atoms with Gasteiger partial charge in [-0.2, -0.15) is 0 Å². The van der Waals surface area contributed by atoms with Crippen molar-refractivity contribution in [3.63, 3.8) is 0 Å². The van der Waals surface area contributed by atoms with E-state index in [4.69, 9.17) is 16.3 Å². The fraction of sp³-hybridized carbons (Fsp3) is 0.370. The first-order chi connectivity index (χ1) is 17.5. The van der Waals surface area contributed by atoms with Crippen LogP contribution in [0.3, 0.4) is 0 Å². The molecule has 1 aromatic heterocycles. The minimum atomic E-state index is -0.495. The number of rotatable bonds is 9. The molecular weight excluding hydrogens is 481 g/mol. The molecule has 2 heterocycles. The van der Waals surface area contributed by atoms with Crippen LogP contribution in [-0.2, 0) is 4.79 Å². The van der Waals surface area contributed by atoms with Gasteiger partial charge in [0.1, 0.15) is 23.7 Å². The summed E-state index contributed by atoms with van der Waals surface area (Å²) in [4.78, 5) is 23.9. The van der Waals surface area contributed by atoms with Crippen molar-refractivity contribution in [2.75, 3.05) is 36.9 Å². The molecule has 36 heavy (non-hydrogen) atoms. The molecule has 2 fully saturated rings. The van der Waals surface area contributed by atoms with E-state index in [9.17, 15) is 9.18 Å². The van der Waals surface area contributed by atoms with E-state index in [2.05, 4.69) is 25.5 Å². The zero-order valence-corrected chi connectivity index (χ0v) is 20.7. The van der Waals surface area contributed by atoms with E-state index in [0.717, 1.165) is 32.5 Å². The Morgan fingerprint density at radius 1 is 1.17 bits per heavy atom. The molecule has 2 N–H and O–H groups in total. The van der Waals surface area contributed by atoms with E-state index in [1.807, 2.05) is 12.1 Å². The van der Waals surface area contributed by atoms with Crippen LogP contribution >= 0.6 is 11.6 Å². The fourth-order valence-electron chi connectivity index (χ4n) is 4.23. The van der Waals surface area contributed by atoms with Crippen molar-refractivity contribution in [3.05, 3.63) is 59.7 Å². The van der Waals surface area contributed by atoms with E-state index in [0.29, 0.717) is 46.4 Å². The SMILES string of the molecule is O=C(C=CCN1CCCCC1)Nc1cc2c(Nc3ccc(F)c(Cl)c3)ncnc2cc1OCC1CC1. The smallest absolute Gasteiger partial charge is 0.248 e. The summed E-state index contributed by atoms with van der Waals surface area (Å²) in [7, 11) is 0. The number of piperidine rings is 1. The average molecular weight is 510 g/mol. The first kappa shape index (κ1) is 24.5. The summed E-state index contributed by atoms with van der Waals surface area (Å²) in [5, 5.41) is 6.84. The minimum Gasteiger partial charge on any atom is -0.491 e. The summed E-state index contributed by atoms with van der Waals surface area (Å²) in [5.41, 5.74) is 1.79. The van der Waals surface area contributed by atoms with Crippen molar-refractivity contribution < 1.29 is 13.9 Å². The van der Waals surface area contributed by atoms with Crippen LogP contribution in [0, 0.1) is 11.7 Å². The molecule has 2 aliphatic rings. The summed E-state index contributed by atoms with van der Waals surface area (Å²) in [5.74, 6) is 0.915. The average Bonchev–Trinajstić information content (AvgIpc) is 3.71. The molecule has 0 bridgehead atoms. The van der Waals surface area contributed by atoms with Crippen LogP contribution in [0.5, 0.6) is 5.75 Å². The van der Waals surface area contributed by atoms with Gasteiger partial charge in [0.25, 0.3) is 0 Å². The lowest BCUT2D eigenvalue weighted by Gasteiger charge is -2.24. The maximum absolute atomic E-state index is 13.6. The summed E-state index contributed by atoms with van der Waals surface area (Å²) >= 11 is 5.94. The van der Waals surface area contributed by atoms with Crippen LogP contribution in [0.1, 0.15) is 32.1 Å². The van der Waals surface area contributed by atoms with Crippen LogP contribution < -0.4 is 15.4 Å². The highest BCUT2D eigenvalue weighted by Crippen LogP contribution is 2.36. The Hall–Kier alpha value is -3.23. The molecular formula is C27H29ClFN5O2. The van der Waals surface area contributed by atoms with Gasteiger partial charge in [0, 0.05) is 29.8 Å². The lowest BCUT2D eigenvalue weighted by Crippen LogP contribution is -2.29. The summed E-state index contributed by atoms with van der Waals surface area (Å²) in [6, 6.07) is 7.99. The lowest BCUT2D eigenvalue weighted by atomic mass is 10.1. The van der Waals surface area contributed by atoms with E-state index in [1.165, 1.54) is 37.7 Å². The van der Waals surface area contributed by atoms with Crippen molar-refractivity contribution in [1.29, 1.82) is 0 Å². The Bertz CT molecular complexity index is 1270. The Labute approximate surface area is 214 Å². The lowest BCUT2D eigenvalue weighted by molar-refractivity contribution is -0.111. The number of carbonyl (C=O) groups is 1. The summed E-state index contributed by atoms with van der Waals surface area (Å²) in [6.07, 6.45) is 10.9. The quantitative estimate of drug-likeness (QED) is 0.348. The molecule has 0 radical (unpaired) electrons. The number of benzene rings is 2. The van der Waals surface area contributed by atoms with Crippen LogP contribution in [0.2, 0.25) is 5.02 Å². The zero-order chi connectivity index (χ0) is 24.9. The number of carbonyl (C=O) groups excluding carboxylic acids is 1. The van der Waals surface area contributed by atoms with Gasteiger partial charge in [-0.25, -0.2) is 14.4 Å². The molecule has 3 aromatic rings. The standard InChI is InChI=1S/C27H29ClFN5O2/c28-21-13-19(8-9-22(21)29)32-27-20-14-24(33-26(35)5-4-12-34-10-2-1-3-11-34)25(36-16-18-6-7-18)15-23(20)30-17-31-27/h4-5,8-9,13-15,17-18H,1-3,6-7,10-12,16H2,(H,33,35)(H,30,31,32). The van der Waals surface area contributed by atoms with E-state index < -0.39 is 5.82 Å². The maximum Gasteiger partial charge on any atom is 0.248 e. The Kier molecular flexibility index (Phi) is 7.63. The third-order valence-electron chi connectivity index (χ3n) is 6.43. The summed E-state index contributed by atoms with van der Waals surface area (Å²) < 4.78 is 19.7. The first-order valence-electron chi connectivity index (χ1n) is 12.4. The molecule has 1 aliphatic carbocycles. The normalized spacial score (nSPS) is 16.4. The number of amides is 1. The largest absolute Gasteiger partial charge is 0.491 e. The predicted octanol–water partition coefficient (Wildman–Crippen LogP) is 5.94. The first-order valence-corrected chi connectivity index (χ1v) is 12.8. The van der Waals surface area contributed by atoms with E-state index in [-0.39, 0.29) is 10.9 Å². The number of halogens is 2. The second-order valence-electron chi connectivity index (χ2n) is 9.35. The third kappa shape index (κ3) is 6.30. The van der Waals surface area contributed by atoms with Crippen molar-refractivity contribution >= 4 is 45.6 Å². The molecule has 1 saturated heterocycles. The van der Waals surface area contributed by atoms with E-state index >= 15 is 0 Å². The van der Waals surface area contributed by atoms with Gasteiger partial charge in [-0.3, -0.25) is 9.69 Å². The molecule has 0 unspecified atom stereocenters. The van der Waals surface area contributed by atoms with Gasteiger partial charge in [-0.05, 0) is 69.0 Å². The van der Waals surface area contributed by atoms with Gasteiger partial charge >= 0.3 is 0 Å². The molecule has 0 spiro atoms. The minimum absolute atomic E-state index is 0.0124. The number of nitrogens with one attached hydrogen (secondary N) is 2. The van der Waals surface area contributed by atoms with Gasteiger partial charge in [0.15, 0.2) is 0 Å². The number of hydrogen-bond acceptors (Lipinski definition) is 6. The molecule has 9 heteroatoms. The molecule has 2 aromatic carbocycles. The topological polar surface area (TPSA) is 79.4 Å². The monoisotopic (exact) mass is 509 g/mol. The van der Waals surface area contributed by atoms with Gasteiger partial charge in [-0.1, -0.05) is 24.1 Å². The highest BCUT2D eigenvalue weighted by molar-refractivity contribution is 6.31. The summed E-state index contributed by atoms with van der Waals surface area (Å²) in [6.45, 7) is 3.51. The number of hydrogen-bond donors (Lipinski definition) is 2. The second-order valence-corrected chi connectivity index (χ2v) is 9.76. The Morgan fingerprint density at radius 2 is 2.00 bits per heavy atom. The maximum atomic E-state index is 13.6. The van der Waals surface area contributed by atoms with Crippen molar-refractivity contribution in [1.82, 2.24) is 14.9 Å². The molecule has 188 valence electrons. The van der Waals surface area contributed by atoms with Crippen molar-refractivity contribution in [2.45, 2.75) is 32.1 Å². The predicted molar refractivity (Wildman–Crippen MR) is 141 cm³/mol. The zero-order valence-electron chi connectivity index (χ0n) is 20.0. The third-order valence-corrected chi connectivity index (χ3v) is 6.72. The molecule has 0 atom stereocenters. The Morgan fingerprint density at radius 3 is 2.78 bits per heavy atom. The highest BCUT2D eigenvalue weighted by Gasteiger charge is 2.23. The molecule has 1 aliphatic heterocycles. The van der Waals surface area contributed by atoms with Crippen LogP contribution in [-0.4, -0.2) is 47.0 Å². The van der Waals surface area contributed by atoms with Gasteiger partial charge in [0.05, 0.1) is 22.8 Å². The highest BCUT2D eigenvalue weighted by atomic mass is 35.5. The van der Waals surface area contributed by atoms with Crippen molar-refractivity contribution in [3.8, 4) is 5.75 Å². The van der Waals surface area contributed by atoms with E-state index in [1.54, 1.807) is 18.2 Å². The van der Waals surface area contributed by atoms with Gasteiger partial charge < -0.3 is 15.4 Å². The molecule has 1 saturated carbocycles. The second kappa shape index (κ2) is 11.2. The Balaban J connectivity index is 1.38. The van der Waals surface area contributed by atoms with Crippen LogP contribution in [0.4, 0.5) is 21.6 Å². The molecule has 5 rings (SSSR count). The van der Waals surface area contributed by atoms with Crippen molar-refractivity contribution in [2.24, 2.45) is 5.92 Å². The van der Waals surface area contributed by atoms with Gasteiger partial charge in [0.2, 0.25) is 5.91 Å². The van der Waals surface area contributed by atoms with Crippen LogP contribution in [0.25, 0.3) is 10.9 Å². The fourth-order valence-corrected chi connectivity index (χ4v) is 4.41. The number of likely N-dealkylation sites (tertiary alicyclic amines) is 1. The number of anilines is 3. The van der Waals surface area contributed by atoms with Crippen LogP contribution in [0.15, 0.2) is 48.8 Å². The number of aromatic nitrogens is 2. The number of nitrogens with zero attached hydrogens (tertiary/aromatic N) is 3. The molecule has 1 amide bonds. The number of fused-ring (bicyclic) bond motifs is 1. The number of ether oxygens (including phenoxy) is 1. The molecule has 7 nitrogen and oxygen atoms in total.